The minimum atomic E-state index is -0.323. The molecule has 19 heavy (non-hydrogen) atoms. The van der Waals surface area contributed by atoms with E-state index in [4.69, 9.17) is 0 Å². The van der Waals surface area contributed by atoms with Crippen molar-refractivity contribution in [2.24, 2.45) is 0 Å². The van der Waals surface area contributed by atoms with Crippen molar-refractivity contribution in [3.05, 3.63) is 12.7 Å². The number of aliphatic hydroxyl groups is 1. The SMILES string of the molecule is CC(O)CN1CCN(C(=O)C(C)n2cncn2)CC1. The molecule has 0 bridgehead atoms. The van der Waals surface area contributed by atoms with Gasteiger partial charge in [0.15, 0.2) is 0 Å². The van der Waals surface area contributed by atoms with Crippen LogP contribution in [-0.4, -0.2) is 74.4 Å². The zero-order chi connectivity index (χ0) is 13.8. The number of hydrogen-bond acceptors (Lipinski definition) is 5. The fourth-order valence-electron chi connectivity index (χ4n) is 2.32. The smallest absolute Gasteiger partial charge is 0.247 e. The Hall–Kier alpha value is -1.47. The van der Waals surface area contributed by atoms with Crippen LogP contribution in [0, 0.1) is 0 Å². The highest BCUT2D eigenvalue weighted by Gasteiger charge is 2.26. The van der Waals surface area contributed by atoms with E-state index < -0.39 is 0 Å². The summed E-state index contributed by atoms with van der Waals surface area (Å²) in [6, 6.07) is -0.314. The van der Waals surface area contributed by atoms with Gasteiger partial charge in [-0.05, 0) is 13.8 Å². The molecule has 0 aromatic carbocycles. The second kappa shape index (κ2) is 6.12. The minimum Gasteiger partial charge on any atom is -0.392 e. The van der Waals surface area contributed by atoms with Crippen molar-refractivity contribution < 1.29 is 9.90 Å². The van der Waals surface area contributed by atoms with E-state index in [1.54, 1.807) is 17.9 Å². The first-order chi connectivity index (χ1) is 9.08. The number of aromatic nitrogens is 3. The zero-order valence-electron chi connectivity index (χ0n) is 11.4. The lowest BCUT2D eigenvalue weighted by Gasteiger charge is -2.36. The molecule has 0 spiro atoms. The summed E-state index contributed by atoms with van der Waals surface area (Å²) in [6.45, 7) is 7.29. The average Bonchev–Trinajstić information content (AvgIpc) is 2.91. The predicted molar refractivity (Wildman–Crippen MR) is 69.4 cm³/mol. The van der Waals surface area contributed by atoms with Crippen molar-refractivity contribution in [3.63, 3.8) is 0 Å². The van der Waals surface area contributed by atoms with Crippen LogP contribution < -0.4 is 0 Å². The minimum absolute atomic E-state index is 0.0715. The number of piperazine rings is 1. The maximum atomic E-state index is 12.3. The van der Waals surface area contributed by atoms with E-state index in [0.717, 1.165) is 13.1 Å². The van der Waals surface area contributed by atoms with Crippen molar-refractivity contribution in [2.75, 3.05) is 32.7 Å². The molecule has 1 aliphatic rings. The summed E-state index contributed by atoms with van der Waals surface area (Å²) in [5.41, 5.74) is 0. The maximum Gasteiger partial charge on any atom is 0.247 e. The molecule has 1 fully saturated rings. The van der Waals surface area contributed by atoms with Crippen LogP contribution in [0.25, 0.3) is 0 Å². The van der Waals surface area contributed by atoms with Gasteiger partial charge in [0.2, 0.25) is 5.91 Å². The molecule has 0 radical (unpaired) electrons. The Bertz CT molecular complexity index is 398. The van der Waals surface area contributed by atoms with Crippen molar-refractivity contribution >= 4 is 5.91 Å². The molecule has 2 atom stereocenters. The Balaban J connectivity index is 1.85. The summed E-state index contributed by atoms with van der Waals surface area (Å²) in [4.78, 5) is 20.2. The third kappa shape index (κ3) is 3.51. The van der Waals surface area contributed by atoms with E-state index in [0.29, 0.717) is 19.6 Å². The van der Waals surface area contributed by atoms with Crippen molar-refractivity contribution in [1.29, 1.82) is 0 Å². The van der Waals surface area contributed by atoms with E-state index in [-0.39, 0.29) is 18.1 Å². The number of carbonyl (C=O) groups excluding carboxylic acids is 1. The largest absolute Gasteiger partial charge is 0.392 e. The lowest BCUT2D eigenvalue weighted by atomic mass is 10.2. The van der Waals surface area contributed by atoms with E-state index in [1.165, 1.54) is 6.33 Å². The van der Waals surface area contributed by atoms with Crippen molar-refractivity contribution in [3.8, 4) is 0 Å². The summed E-state index contributed by atoms with van der Waals surface area (Å²) < 4.78 is 1.57. The summed E-state index contributed by atoms with van der Waals surface area (Å²) >= 11 is 0. The molecule has 2 heterocycles. The molecule has 106 valence electrons. The fraction of sp³-hybridized carbons (Fsp3) is 0.750. The van der Waals surface area contributed by atoms with Crippen LogP contribution in [0.2, 0.25) is 0 Å². The molecule has 1 aromatic rings. The molecule has 2 rings (SSSR count). The molecule has 7 nitrogen and oxygen atoms in total. The van der Waals surface area contributed by atoms with E-state index in [9.17, 15) is 9.90 Å². The second-order valence-corrected chi connectivity index (χ2v) is 5.03. The molecule has 1 aromatic heterocycles. The lowest BCUT2D eigenvalue weighted by Crippen LogP contribution is -2.51. The highest BCUT2D eigenvalue weighted by Crippen LogP contribution is 2.11. The number of β-amino-alcohol motifs (C(OH)–C–C–N with tert-alkyl or cyclic N) is 1. The summed E-state index contributed by atoms with van der Waals surface area (Å²) in [6.07, 6.45) is 2.67. The van der Waals surface area contributed by atoms with Crippen molar-refractivity contribution in [2.45, 2.75) is 26.0 Å². The van der Waals surface area contributed by atoms with Gasteiger partial charge in [-0.1, -0.05) is 0 Å². The van der Waals surface area contributed by atoms with Gasteiger partial charge >= 0.3 is 0 Å². The normalized spacial score (nSPS) is 20.3. The van der Waals surface area contributed by atoms with Gasteiger partial charge in [-0.3, -0.25) is 9.69 Å². The van der Waals surface area contributed by atoms with Gasteiger partial charge in [0, 0.05) is 32.7 Å². The van der Waals surface area contributed by atoms with Gasteiger partial charge in [-0.2, -0.15) is 5.10 Å². The average molecular weight is 267 g/mol. The highest BCUT2D eigenvalue weighted by molar-refractivity contribution is 5.80. The molecule has 1 saturated heterocycles. The van der Waals surface area contributed by atoms with Crippen LogP contribution in [0.15, 0.2) is 12.7 Å². The Labute approximate surface area is 112 Å². The molecular formula is C12H21N5O2. The Morgan fingerprint density at radius 3 is 2.53 bits per heavy atom. The molecule has 1 aliphatic heterocycles. The number of aliphatic hydroxyl groups excluding tert-OH is 1. The molecule has 7 heteroatoms. The van der Waals surface area contributed by atoms with Crippen LogP contribution in [0.3, 0.4) is 0 Å². The molecule has 0 aliphatic carbocycles. The third-order valence-electron chi connectivity index (χ3n) is 3.40. The van der Waals surface area contributed by atoms with Gasteiger partial charge in [0.25, 0.3) is 0 Å². The molecular weight excluding hydrogens is 246 g/mol. The fourth-order valence-corrected chi connectivity index (χ4v) is 2.32. The number of amides is 1. The topological polar surface area (TPSA) is 74.5 Å². The first-order valence-electron chi connectivity index (χ1n) is 6.61. The summed E-state index contributed by atoms with van der Waals surface area (Å²) in [5.74, 6) is 0.0715. The monoisotopic (exact) mass is 267 g/mol. The highest BCUT2D eigenvalue weighted by atomic mass is 16.3. The predicted octanol–water partition coefficient (Wildman–Crippen LogP) is -0.636. The molecule has 2 unspecified atom stereocenters. The van der Waals surface area contributed by atoms with Gasteiger partial charge < -0.3 is 10.0 Å². The maximum absolute atomic E-state index is 12.3. The van der Waals surface area contributed by atoms with Crippen LogP contribution in [-0.2, 0) is 4.79 Å². The van der Waals surface area contributed by atoms with Gasteiger partial charge in [-0.25, -0.2) is 9.67 Å². The zero-order valence-corrected chi connectivity index (χ0v) is 11.4. The molecule has 1 amide bonds. The number of carbonyl (C=O) groups is 1. The summed E-state index contributed by atoms with van der Waals surface area (Å²) in [7, 11) is 0. The lowest BCUT2D eigenvalue weighted by molar-refractivity contribution is -0.136. The first-order valence-corrected chi connectivity index (χ1v) is 6.61. The number of nitrogens with zero attached hydrogens (tertiary/aromatic N) is 5. The standard InChI is InChI=1S/C12H21N5O2/c1-10(18)7-15-3-5-16(6-4-15)12(19)11(2)17-9-13-8-14-17/h8-11,18H,3-7H2,1-2H3. The van der Waals surface area contributed by atoms with Gasteiger partial charge in [0.1, 0.15) is 18.7 Å². The Morgan fingerprint density at radius 2 is 2.00 bits per heavy atom. The number of hydrogen-bond donors (Lipinski definition) is 1. The molecule has 1 N–H and O–H groups in total. The Morgan fingerprint density at radius 1 is 1.32 bits per heavy atom. The van der Waals surface area contributed by atoms with E-state index in [2.05, 4.69) is 15.0 Å². The van der Waals surface area contributed by atoms with Gasteiger partial charge in [0.05, 0.1) is 6.10 Å². The third-order valence-corrected chi connectivity index (χ3v) is 3.40. The first kappa shape index (κ1) is 14.0. The van der Waals surface area contributed by atoms with Crippen LogP contribution in [0.1, 0.15) is 19.9 Å². The molecule has 0 saturated carbocycles. The Kier molecular flexibility index (Phi) is 4.49. The number of rotatable bonds is 4. The van der Waals surface area contributed by atoms with Crippen LogP contribution >= 0.6 is 0 Å². The van der Waals surface area contributed by atoms with Crippen molar-refractivity contribution in [1.82, 2.24) is 24.6 Å². The van der Waals surface area contributed by atoms with Gasteiger partial charge in [-0.15, -0.1) is 0 Å². The quantitative estimate of drug-likeness (QED) is 0.786. The van der Waals surface area contributed by atoms with Crippen LogP contribution in [0.4, 0.5) is 0 Å². The van der Waals surface area contributed by atoms with E-state index >= 15 is 0 Å². The van der Waals surface area contributed by atoms with E-state index in [1.807, 2.05) is 11.8 Å². The summed E-state index contributed by atoms with van der Waals surface area (Å²) in [5, 5.41) is 13.4. The second-order valence-electron chi connectivity index (χ2n) is 5.03. The van der Waals surface area contributed by atoms with Crippen LogP contribution in [0.5, 0.6) is 0 Å².